The second-order valence-corrected chi connectivity index (χ2v) is 3.20. The van der Waals surface area contributed by atoms with E-state index in [9.17, 15) is 8.78 Å². The first-order chi connectivity index (χ1) is 6.34. The number of hydrogen-bond acceptors (Lipinski definition) is 0. The van der Waals surface area contributed by atoms with Crippen LogP contribution >= 0.6 is 0 Å². The predicted molar refractivity (Wildman–Crippen MR) is 57.5 cm³/mol. The molecule has 0 heterocycles. The van der Waals surface area contributed by atoms with Crippen molar-refractivity contribution in [2.75, 3.05) is 0 Å². The number of hydrogen-bond donors (Lipinski definition) is 0. The average Bonchev–Trinajstić information content (AvgIpc) is 2.02. The molecule has 0 aromatic heterocycles. The van der Waals surface area contributed by atoms with Gasteiger partial charge in [0.05, 0.1) is 0 Å². The van der Waals surface area contributed by atoms with Gasteiger partial charge in [-0.25, -0.2) is 8.78 Å². The number of halogens is 2. The summed E-state index contributed by atoms with van der Waals surface area (Å²) in [6, 6.07) is 0. The van der Waals surface area contributed by atoms with E-state index in [0.717, 1.165) is 6.92 Å². The highest BCUT2D eigenvalue weighted by Gasteiger charge is 2.27. The molecule has 14 heavy (non-hydrogen) atoms. The van der Waals surface area contributed by atoms with Crippen molar-refractivity contribution in [3.63, 3.8) is 0 Å². The molecule has 0 unspecified atom stereocenters. The molecule has 0 aromatic rings. The Morgan fingerprint density at radius 3 is 2.07 bits per heavy atom. The van der Waals surface area contributed by atoms with Gasteiger partial charge in [-0.1, -0.05) is 37.0 Å². The summed E-state index contributed by atoms with van der Waals surface area (Å²) in [6.45, 7) is 11.4. The fourth-order valence-corrected chi connectivity index (χ4v) is 1.15. The molecular formula is C12H16F2. The summed E-state index contributed by atoms with van der Waals surface area (Å²) >= 11 is 0. The van der Waals surface area contributed by atoms with Crippen LogP contribution in [0.3, 0.4) is 0 Å². The van der Waals surface area contributed by atoms with Crippen LogP contribution in [0.5, 0.6) is 0 Å². The normalized spacial score (nSPS) is 14.1. The Bertz CT molecular complexity index is 288. The lowest BCUT2D eigenvalue weighted by Crippen LogP contribution is -2.14. The molecule has 0 bridgehead atoms. The van der Waals surface area contributed by atoms with Gasteiger partial charge < -0.3 is 0 Å². The van der Waals surface area contributed by atoms with Crippen molar-refractivity contribution in [2.24, 2.45) is 0 Å². The third-order valence-corrected chi connectivity index (χ3v) is 1.76. The minimum Gasteiger partial charge on any atom is -0.202 e. The number of allylic oxidation sites excluding steroid dienone is 6. The smallest absolute Gasteiger partial charge is 0.202 e. The highest BCUT2D eigenvalue weighted by molar-refractivity contribution is 5.46. The summed E-state index contributed by atoms with van der Waals surface area (Å²) in [6.07, 6.45) is 4.39. The van der Waals surface area contributed by atoms with E-state index in [-0.39, 0.29) is 5.57 Å². The molecule has 0 rings (SSSR count). The van der Waals surface area contributed by atoms with Crippen molar-refractivity contribution < 1.29 is 8.78 Å². The Balaban J connectivity index is 5.56. The molecule has 0 aliphatic carbocycles. The lowest BCUT2D eigenvalue weighted by atomic mass is 9.97. The first-order valence-corrected chi connectivity index (χ1v) is 4.38. The zero-order valence-electron chi connectivity index (χ0n) is 8.90. The Hall–Kier alpha value is -1.18. The van der Waals surface area contributed by atoms with E-state index in [0.29, 0.717) is 11.1 Å². The molecule has 78 valence electrons. The summed E-state index contributed by atoms with van der Waals surface area (Å²) in [5.74, 6) is -2.87. The number of rotatable bonds is 4. The van der Waals surface area contributed by atoms with Crippen LogP contribution in [-0.2, 0) is 0 Å². The Kier molecular flexibility index (Phi) is 4.48. The predicted octanol–water partition coefficient (Wildman–Crippen LogP) is 4.28. The summed E-state index contributed by atoms with van der Waals surface area (Å²) in [7, 11) is 0. The second kappa shape index (κ2) is 4.89. The van der Waals surface area contributed by atoms with E-state index >= 15 is 0 Å². The maximum Gasteiger partial charge on any atom is 0.271 e. The van der Waals surface area contributed by atoms with Gasteiger partial charge in [0, 0.05) is 12.5 Å². The first kappa shape index (κ1) is 12.8. The first-order valence-electron chi connectivity index (χ1n) is 4.38. The SMILES string of the molecule is C=C/C(C(=C)C)=C(\C=C/C)C(C)(F)F. The van der Waals surface area contributed by atoms with Crippen molar-refractivity contribution >= 4 is 0 Å². The van der Waals surface area contributed by atoms with Gasteiger partial charge in [0.15, 0.2) is 0 Å². The van der Waals surface area contributed by atoms with Gasteiger partial charge in [-0.3, -0.25) is 0 Å². The van der Waals surface area contributed by atoms with Gasteiger partial charge >= 0.3 is 0 Å². The molecular weight excluding hydrogens is 182 g/mol. The molecule has 0 saturated heterocycles. The van der Waals surface area contributed by atoms with Crippen LogP contribution in [0.2, 0.25) is 0 Å². The standard InChI is InChI=1S/C12H16F2/c1-6-8-11(12(5,13)14)10(7-2)9(3)4/h6-8H,2-3H2,1,4-5H3/b8-6-,11-10-. The molecule has 0 saturated carbocycles. The van der Waals surface area contributed by atoms with Crippen LogP contribution < -0.4 is 0 Å². The molecule has 0 N–H and O–H groups in total. The monoisotopic (exact) mass is 198 g/mol. The van der Waals surface area contributed by atoms with Crippen LogP contribution in [0.1, 0.15) is 20.8 Å². The highest BCUT2D eigenvalue weighted by atomic mass is 19.3. The van der Waals surface area contributed by atoms with Crippen LogP contribution in [0.25, 0.3) is 0 Å². The van der Waals surface area contributed by atoms with Crippen molar-refractivity contribution in [3.8, 4) is 0 Å². The minimum absolute atomic E-state index is 0.0394. The van der Waals surface area contributed by atoms with Crippen LogP contribution in [0, 0.1) is 0 Å². The van der Waals surface area contributed by atoms with Crippen LogP contribution in [0.15, 0.2) is 48.1 Å². The highest BCUT2D eigenvalue weighted by Crippen LogP contribution is 2.30. The van der Waals surface area contributed by atoms with Crippen LogP contribution in [-0.4, -0.2) is 5.92 Å². The largest absolute Gasteiger partial charge is 0.271 e. The fraction of sp³-hybridized carbons (Fsp3) is 0.333. The van der Waals surface area contributed by atoms with Gasteiger partial charge in [0.2, 0.25) is 0 Å². The van der Waals surface area contributed by atoms with E-state index < -0.39 is 5.92 Å². The maximum absolute atomic E-state index is 13.2. The summed E-state index contributed by atoms with van der Waals surface area (Å²) in [5.41, 5.74) is 0.965. The van der Waals surface area contributed by atoms with Crippen molar-refractivity contribution in [1.29, 1.82) is 0 Å². The van der Waals surface area contributed by atoms with E-state index in [2.05, 4.69) is 13.2 Å². The molecule has 0 aliphatic rings. The Labute approximate surface area is 84.3 Å². The van der Waals surface area contributed by atoms with Gasteiger partial charge in [0.25, 0.3) is 5.92 Å². The molecule has 0 fully saturated rings. The van der Waals surface area contributed by atoms with Gasteiger partial charge in [-0.05, 0) is 19.4 Å². The molecule has 0 spiro atoms. The van der Waals surface area contributed by atoms with Gasteiger partial charge in [-0.15, -0.1) is 0 Å². The molecule has 0 atom stereocenters. The Morgan fingerprint density at radius 2 is 1.86 bits per heavy atom. The minimum atomic E-state index is -2.87. The van der Waals surface area contributed by atoms with Gasteiger partial charge in [-0.2, -0.15) is 0 Å². The maximum atomic E-state index is 13.2. The molecule has 0 aromatic carbocycles. The summed E-state index contributed by atoms with van der Waals surface area (Å²) in [5, 5.41) is 0. The second-order valence-electron chi connectivity index (χ2n) is 3.20. The van der Waals surface area contributed by atoms with Crippen molar-refractivity contribution in [2.45, 2.75) is 26.7 Å². The van der Waals surface area contributed by atoms with E-state index in [4.69, 9.17) is 0 Å². The molecule has 2 heteroatoms. The summed E-state index contributed by atoms with van der Waals surface area (Å²) in [4.78, 5) is 0. The lowest BCUT2D eigenvalue weighted by Gasteiger charge is -2.16. The van der Waals surface area contributed by atoms with E-state index in [1.54, 1.807) is 19.9 Å². The van der Waals surface area contributed by atoms with E-state index in [1.807, 2.05) is 0 Å². The third-order valence-electron chi connectivity index (χ3n) is 1.76. The molecule has 0 nitrogen and oxygen atoms in total. The zero-order chi connectivity index (χ0) is 11.4. The Morgan fingerprint density at radius 1 is 1.36 bits per heavy atom. The molecule has 0 amide bonds. The lowest BCUT2D eigenvalue weighted by molar-refractivity contribution is 0.0668. The molecule has 0 aliphatic heterocycles. The van der Waals surface area contributed by atoms with Crippen LogP contribution in [0.4, 0.5) is 8.78 Å². The third kappa shape index (κ3) is 3.29. The fourth-order valence-electron chi connectivity index (χ4n) is 1.15. The quantitative estimate of drug-likeness (QED) is 0.591. The zero-order valence-corrected chi connectivity index (χ0v) is 8.90. The molecule has 0 radical (unpaired) electrons. The van der Waals surface area contributed by atoms with E-state index in [1.165, 1.54) is 12.2 Å². The summed E-state index contributed by atoms with van der Waals surface area (Å²) < 4.78 is 26.3. The van der Waals surface area contributed by atoms with Crippen molar-refractivity contribution in [1.82, 2.24) is 0 Å². The van der Waals surface area contributed by atoms with Gasteiger partial charge in [0.1, 0.15) is 0 Å². The van der Waals surface area contributed by atoms with Crippen molar-refractivity contribution in [3.05, 3.63) is 48.1 Å². The number of alkyl halides is 2. The average molecular weight is 198 g/mol. The topological polar surface area (TPSA) is 0 Å².